The second kappa shape index (κ2) is 8.18. The zero-order chi connectivity index (χ0) is 24.1. The van der Waals surface area contributed by atoms with Gasteiger partial charge >= 0.3 is 11.9 Å². The minimum atomic E-state index is -1.81. The Kier molecular flexibility index (Phi) is 5.41. The number of carbonyl (C=O) groups excluding carboxylic acids is 3. The molecule has 2 heterocycles. The van der Waals surface area contributed by atoms with E-state index < -0.39 is 40.8 Å². The molecule has 0 bridgehead atoms. The summed E-state index contributed by atoms with van der Waals surface area (Å²) in [7, 11) is 1.27. The zero-order valence-corrected chi connectivity index (χ0v) is 20.1. The summed E-state index contributed by atoms with van der Waals surface area (Å²) in [6, 6.07) is 22.9. The molecular formula is C27H21BrO6. The van der Waals surface area contributed by atoms with Gasteiger partial charge in [-0.05, 0) is 36.2 Å². The third-order valence-corrected chi connectivity index (χ3v) is 7.32. The van der Waals surface area contributed by atoms with Crippen LogP contribution in [0.5, 0.6) is 5.75 Å². The van der Waals surface area contributed by atoms with Gasteiger partial charge < -0.3 is 14.2 Å². The normalized spacial score (nSPS) is 27.3. The monoisotopic (exact) mass is 520 g/mol. The lowest BCUT2D eigenvalue weighted by molar-refractivity contribution is -0.172. The zero-order valence-electron chi connectivity index (χ0n) is 18.5. The van der Waals surface area contributed by atoms with E-state index in [1.165, 1.54) is 14.0 Å². The van der Waals surface area contributed by atoms with E-state index in [-0.39, 0.29) is 0 Å². The van der Waals surface area contributed by atoms with Gasteiger partial charge in [0, 0.05) is 10.0 Å². The van der Waals surface area contributed by atoms with Crippen LogP contribution in [0.3, 0.4) is 0 Å². The van der Waals surface area contributed by atoms with E-state index in [0.717, 1.165) is 4.47 Å². The summed E-state index contributed by atoms with van der Waals surface area (Å²) in [5.74, 6) is -2.62. The van der Waals surface area contributed by atoms with Crippen LogP contribution in [0.15, 0.2) is 83.3 Å². The smallest absolute Gasteiger partial charge is 0.343 e. The lowest BCUT2D eigenvalue weighted by Crippen LogP contribution is -2.53. The number of hydrogen-bond acceptors (Lipinski definition) is 6. The first-order chi connectivity index (χ1) is 16.4. The summed E-state index contributed by atoms with van der Waals surface area (Å²) in [4.78, 5) is 41.0. The topological polar surface area (TPSA) is 78.9 Å². The fraction of sp³-hybridized carbons (Fsp3) is 0.222. The Morgan fingerprint density at radius 3 is 2.24 bits per heavy atom. The number of Topliss-reactive ketones (excluding diaryl/α,β-unsaturated/α-hetero) is 1. The predicted octanol–water partition coefficient (Wildman–Crippen LogP) is 4.87. The standard InChI is InChI=1S/C27H21BrO6/c1-16(29)26-22(20-10-6-7-11-21(20)33-24(26)30)27(25(31)32-2,18-8-4-3-5-9-18)34-23(26)17-12-14-19(28)15-13-17/h3-15,22-23H,1-2H3/t22-,23-,26+,27+/m0/s1. The van der Waals surface area contributed by atoms with Gasteiger partial charge in [-0.3, -0.25) is 9.59 Å². The van der Waals surface area contributed by atoms with Crippen LogP contribution in [-0.4, -0.2) is 24.8 Å². The molecule has 0 radical (unpaired) electrons. The largest absolute Gasteiger partial charge is 0.467 e. The van der Waals surface area contributed by atoms with E-state index >= 15 is 0 Å². The van der Waals surface area contributed by atoms with E-state index in [1.54, 1.807) is 72.8 Å². The van der Waals surface area contributed by atoms with Crippen LogP contribution in [0.2, 0.25) is 0 Å². The van der Waals surface area contributed by atoms with Crippen molar-refractivity contribution in [3.8, 4) is 5.75 Å². The van der Waals surface area contributed by atoms with Gasteiger partial charge in [0.05, 0.1) is 13.0 Å². The van der Waals surface area contributed by atoms with Crippen molar-refractivity contribution in [3.05, 3.63) is 100 Å². The van der Waals surface area contributed by atoms with Crippen molar-refractivity contribution in [2.24, 2.45) is 5.41 Å². The Hall–Kier alpha value is -3.29. The maximum absolute atomic E-state index is 13.8. The molecule has 0 N–H and O–H groups in total. The lowest BCUT2D eigenvalue weighted by atomic mass is 9.59. The van der Waals surface area contributed by atoms with Crippen LogP contribution >= 0.6 is 15.9 Å². The maximum Gasteiger partial charge on any atom is 0.343 e. The van der Waals surface area contributed by atoms with Crippen molar-refractivity contribution < 1.29 is 28.6 Å². The number of para-hydroxylation sites is 1. The molecule has 3 aromatic carbocycles. The van der Waals surface area contributed by atoms with Crippen LogP contribution in [0.4, 0.5) is 0 Å². The molecule has 4 atom stereocenters. The average Bonchev–Trinajstić information content (AvgIpc) is 3.20. The van der Waals surface area contributed by atoms with Gasteiger partial charge in [0.25, 0.3) is 0 Å². The third kappa shape index (κ3) is 2.93. The Morgan fingerprint density at radius 2 is 1.59 bits per heavy atom. The predicted molar refractivity (Wildman–Crippen MR) is 126 cm³/mol. The molecule has 0 saturated carbocycles. The number of carbonyl (C=O) groups is 3. The molecule has 172 valence electrons. The summed E-state index contributed by atoms with van der Waals surface area (Å²) in [6.07, 6.45) is -1.09. The van der Waals surface area contributed by atoms with Gasteiger partial charge in [0.15, 0.2) is 16.8 Å². The molecule has 0 unspecified atom stereocenters. The second-order valence-electron chi connectivity index (χ2n) is 8.43. The summed E-state index contributed by atoms with van der Waals surface area (Å²) in [6.45, 7) is 1.34. The van der Waals surface area contributed by atoms with Crippen molar-refractivity contribution in [1.29, 1.82) is 0 Å². The number of benzene rings is 3. The fourth-order valence-electron chi connectivity index (χ4n) is 5.36. The lowest BCUT2D eigenvalue weighted by Gasteiger charge is -2.41. The van der Waals surface area contributed by atoms with Gasteiger partial charge in [-0.1, -0.05) is 76.6 Å². The summed E-state index contributed by atoms with van der Waals surface area (Å²) in [5.41, 5.74) is -1.99. The van der Waals surface area contributed by atoms with Crippen LogP contribution < -0.4 is 4.74 Å². The quantitative estimate of drug-likeness (QED) is 0.277. The molecule has 2 aliphatic rings. The van der Waals surface area contributed by atoms with E-state index in [2.05, 4.69) is 15.9 Å². The summed E-state index contributed by atoms with van der Waals surface area (Å²) >= 11 is 3.42. The van der Waals surface area contributed by atoms with Crippen molar-refractivity contribution in [1.82, 2.24) is 0 Å². The van der Waals surface area contributed by atoms with E-state index in [0.29, 0.717) is 22.4 Å². The minimum Gasteiger partial charge on any atom is -0.467 e. The van der Waals surface area contributed by atoms with Gasteiger partial charge in [-0.2, -0.15) is 0 Å². The van der Waals surface area contributed by atoms with Crippen LogP contribution in [0.25, 0.3) is 0 Å². The van der Waals surface area contributed by atoms with E-state index in [9.17, 15) is 14.4 Å². The first-order valence-electron chi connectivity index (χ1n) is 10.8. The average molecular weight is 521 g/mol. The fourth-order valence-corrected chi connectivity index (χ4v) is 5.62. The molecule has 1 fully saturated rings. The van der Waals surface area contributed by atoms with Gasteiger partial charge in [0.1, 0.15) is 11.9 Å². The summed E-state index contributed by atoms with van der Waals surface area (Å²) in [5, 5.41) is 0. The molecule has 0 aliphatic carbocycles. The van der Waals surface area contributed by atoms with Crippen LogP contribution in [-0.2, 0) is 29.5 Å². The van der Waals surface area contributed by atoms with Gasteiger partial charge in [-0.15, -0.1) is 0 Å². The molecule has 0 aromatic heterocycles. The van der Waals surface area contributed by atoms with Gasteiger partial charge in [-0.25, -0.2) is 4.79 Å². The number of hydrogen-bond donors (Lipinski definition) is 0. The maximum atomic E-state index is 13.8. The number of ketones is 1. The SMILES string of the molecule is COC(=O)[C@]1(c2ccccc2)O[C@@H](c2ccc(Br)cc2)[C@]2(C(C)=O)C(=O)Oc3ccccc3[C@@H]21. The number of methoxy groups -OCH3 is 1. The van der Waals surface area contributed by atoms with Crippen molar-refractivity contribution in [2.75, 3.05) is 7.11 Å². The molecule has 2 aliphatic heterocycles. The molecule has 7 heteroatoms. The summed E-state index contributed by atoms with van der Waals surface area (Å²) < 4.78 is 18.5. The highest BCUT2D eigenvalue weighted by molar-refractivity contribution is 9.10. The molecule has 1 saturated heterocycles. The Balaban J connectivity index is 1.91. The van der Waals surface area contributed by atoms with Crippen molar-refractivity contribution in [3.63, 3.8) is 0 Å². The van der Waals surface area contributed by atoms with Crippen LogP contribution in [0.1, 0.15) is 35.6 Å². The highest BCUT2D eigenvalue weighted by atomic mass is 79.9. The number of fused-ring (bicyclic) bond motifs is 3. The first kappa shape index (κ1) is 22.5. The van der Waals surface area contributed by atoms with Crippen LogP contribution in [0, 0.1) is 5.41 Å². The number of rotatable bonds is 4. The number of esters is 2. The Labute approximate surface area is 205 Å². The Morgan fingerprint density at radius 1 is 0.941 bits per heavy atom. The molecule has 34 heavy (non-hydrogen) atoms. The number of ether oxygens (including phenoxy) is 3. The molecular weight excluding hydrogens is 500 g/mol. The van der Waals surface area contributed by atoms with Crippen molar-refractivity contribution >= 4 is 33.7 Å². The second-order valence-corrected chi connectivity index (χ2v) is 9.34. The van der Waals surface area contributed by atoms with Gasteiger partial charge in [0.2, 0.25) is 0 Å². The molecule has 5 rings (SSSR count). The third-order valence-electron chi connectivity index (χ3n) is 6.80. The first-order valence-corrected chi connectivity index (χ1v) is 11.6. The van der Waals surface area contributed by atoms with E-state index in [1.807, 2.05) is 6.07 Å². The Bertz CT molecular complexity index is 1290. The molecule has 0 spiro atoms. The van der Waals surface area contributed by atoms with E-state index in [4.69, 9.17) is 14.2 Å². The minimum absolute atomic E-state index is 0.290. The molecule has 3 aromatic rings. The molecule has 0 amide bonds. The highest BCUT2D eigenvalue weighted by Crippen LogP contribution is 2.68. The molecule has 6 nitrogen and oxygen atoms in total. The van der Waals surface area contributed by atoms with Crippen molar-refractivity contribution in [2.45, 2.75) is 24.5 Å². The highest BCUT2D eigenvalue weighted by Gasteiger charge is 2.76. The number of halogens is 1.